The van der Waals surface area contributed by atoms with E-state index in [-0.39, 0.29) is 0 Å². The summed E-state index contributed by atoms with van der Waals surface area (Å²) in [6.45, 7) is 2.05. The minimum absolute atomic E-state index is 0.923. The van der Waals surface area contributed by atoms with E-state index < -0.39 is 0 Å². The van der Waals surface area contributed by atoms with Crippen LogP contribution in [-0.4, -0.2) is 4.98 Å². The van der Waals surface area contributed by atoms with E-state index in [1.54, 1.807) is 11.3 Å². The fourth-order valence-electron chi connectivity index (χ4n) is 1.96. The first-order valence-electron chi connectivity index (χ1n) is 6.28. The molecule has 1 aromatic heterocycles. The number of anilines is 2. The van der Waals surface area contributed by atoms with Gasteiger partial charge in [0.25, 0.3) is 0 Å². The van der Waals surface area contributed by atoms with Crippen molar-refractivity contribution in [2.24, 2.45) is 0 Å². The average molecular weight is 345 g/mol. The fraction of sp³-hybridized carbons (Fsp3) is 0.0625. The van der Waals surface area contributed by atoms with Gasteiger partial charge in [-0.2, -0.15) is 0 Å². The summed E-state index contributed by atoms with van der Waals surface area (Å²) in [6, 6.07) is 18.4. The number of thiazole rings is 1. The molecule has 0 radical (unpaired) electrons. The summed E-state index contributed by atoms with van der Waals surface area (Å²) >= 11 is 5.14. The predicted molar refractivity (Wildman–Crippen MR) is 89.7 cm³/mol. The van der Waals surface area contributed by atoms with E-state index in [9.17, 15) is 0 Å². The molecule has 0 aliphatic rings. The van der Waals surface area contributed by atoms with Gasteiger partial charge in [-0.15, -0.1) is 0 Å². The highest BCUT2D eigenvalue weighted by Gasteiger charge is 2.09. The van der Waals surface area contributed by atoms with Gasteiger partial charge in [0, 0.05) is 10.2 Å². The van der Waals surface area contributed by atoms with E-state index in [1.165, 1.54) is 10.4 Å². The van der Waals surface area contributed by atoms with E-state index in [2.05, 4.69) is 50.5 Å². The molecule has 100 valence electrons. The largest absolute Gasteiger partial charge is 0.332 e. The number of nitrogens with one attached hydrogen (secondary N) is 1. The Labute approximate surface area is 130 Å². The maximum atomic E-state index is 4.60. The van der Waals surface area contributed by atoms with Crippen molar-refractivity contribution in [3.05, 3.63) is 64.8 Å². The van der Waals surface area contributed by atoms with Gasteiger partial charge in [0.15, 0.2) is 5.13 Å². The van der Waals surface area contributed by atoms with Gasteiger partial charge < -0.3 is 5.32 Å². The first-order chi connectivity index (χ1) is 9.72. The van der Waals surface area contributed by atoms with Crippen molar-refractivity contribution in [1.29, 1.82) is 0 Å². The van der Waals surface area contributed by atoms with Gasteiger partial charge in [0.1, 0.15) is 0 Å². The van der Waals surface area contributed by atoms with Crippen LogP contribution in [0, 0.1) is 6.92 Å². The Morgan fingerprint density at radius 1 is 1.00 bits per heavy atom. The van der Waals surface area contributed by atoms with E-state index in [4.69, 9.17) is 0 Å². The van der Waals surface area contributed by atoms with Gasteiger partial charge >= 0.3 is 0 Å². The lowest BCUT2D eigenvalue weighted by Crippen LogP contribution is -1.88. The van der Waals surface area contributed by atoms with Crippen LogP contribution in [0.25, 0.3) is 10.4 Å². The summed E-state index contributed by atoms with van der Waals surface area (Å²) in [5, 5.41) is 4.27. The van der Waals surface area contributed by atoms with Crippen LogP contribution < -0.4 is 5.32 Å². The second-order valence-electron chi connectivity index (χ2n) is 4.43. The first kappa shape index (κ1) is 13.3. The zero-order valence-electron chi connectivity index (χ0n) is 10.9. The summed E-state index contributed by atoms with van der Waals surface area (Å²) in [6.07, 6.45) is 0. The van der Waals surface area contributed by atoms with Crippen LogP contribution in [0.15, 0.2) is 59.1 Å². The summed E-state index contributed by atoms with van der Waals surface area (Å²) in [4.78, 5) is 5.80. The first-order valence-corrected chi connectivity index (χ1v) is 7.89. The van der Waals surface area contributed by atoms with Crippen molar-refractivity contribution in [2.45, 2.75) is 6.92 Å². The van der Waals surface area contributed by atoms with Gasteiger partial charge in [-0.05, 0) is 36.8 Å². The van der Waals surface area contributed by atoms with Crippen LogP contribution in [0.3, 0.4) is 0 Å². The molecule has 0 unspecified atom stereocenters. The van der Waals surface area contributed by atoms with Crippen molar-refractivity contribution in [3.8, 4) is 10.4 Å². The van der Waals surface area contributed by atoms with Crippen LogP contribution in [0.2, 0.25) is 0 Å². The molecule has 4 heteroatoms. The van der Waals surface area contributed by atoms with Crippen LogP contribution in [-0.2, 0) is 0 Å². The van der Waals surface area contributed by atoms with Gasteiger partial charge in [-0.25, -0.2) is 4.98 Å². The zero-order valence-corrected chi connectivity index (χ0v) is 13.3. The third-order valence-electron chi connectivity index (χ3n) is 2.93. The van der Waals surface area contributed by atoms with Crippen molar-refractivity contribution < 1.29 is 0 Å². The van der Waals surface area contributed by atoms with Crippen LogP contribution in [0.1, 0.15) is 5.69 Å². The minimum Gasteiger partial charge on any atom is -0.332 e. The van der Waals surface area contributed by atoms with Gasteiger partial charge in [0.05, 0.1) is 10.6 Å². The highest BCUT2D eigenvalue weighted by molar-refractivity contribution is 9.10. The molecule has 2 nitrogen and oxygen atoms in total. The van der Waals surface area contributed by atoms with Crippen molar-refractivity contribution in [3.63, 3.8) is 0 Å². The molecule has 3 rings (SSSR count). The number of nitrogens with zero attached hydrogens (tertiary/aromatic N) is 1. The Morgan fingerprint density at radius 3 is 2.40 bits per heavy atom. The maximum absolute atomic E-state index is 4.60. The maximum Gasteiger partial charge on any atom is 0.187 e. The average Bonchev–Trinajstić information content (AvgIpc) is 2.81. The molecule has 0 bridgehead atoms. The molecule has 2 aromatic carbocycles. The second-order valence-corrected chi connectivity index (χ2v) is 6.35. The Kier molecular flexibility index (Phi) is 3.85. The molecule has 1 N–H and O–H groups in total. The lowest BCUT2D eigenvalue weighted by molar-refractivity contribution is 1.26. The molecule has 0 atom stereocenters. The normalized spacial score (nSPS) is 10.5. The van der Waals surface area contributed by atoms with Crippen molar-refractivity contribution >= 4 is 38.1 Å². The summed E-state index contributed by atoms with van der Waals surface area (Å²) < 4.78 is 1.09. The monoisotopic (exact) mass is 344 g/mol. The molecule has 0 amide bonds. The summed E-state index contributed by atoms with van der Waals surface area (Å²) in [5.41, 5.74) is 3.31. The molecule has 0 aliphatic carbocycles. The number of hydrogen-bond acceptors (Lipinski definition) is 3. The second kappa shape index (κ2) is 5.77. The standard InChI is InChI=1S/C16H13BrN2S/c1-11-15(12-7-9-13(17)10-8-12)20-16(18-11)19-14-5-3-2-4-6-14/h2-10H,1H3,(H,18,19). The smallest absolute Gasteiger partial charge is 0.187 e. The highest BCUT2D eigenvalue weighted by Crippen LogP contribution is 2.34. The molecule has 1 heterocycles. The van der Waals surface area contributed by atoms with E-state index >= 15 is 0 Å². The Morgan fingerprint density at radius 2 is 1.70 bits per heavy atom. The van der Waals surface area contributed by atoms with E-state index in [1.807, 2.05) is 37.3 Å². The molecular formula is C16H13BrN2S. The lowest BCUT2D eigenvalue weighted by atomic mass is 10.2. The van der Waals surface area contributed by atoms with Crippen LogP contribution in [0.5, 0.6) is 0 Å². The summed E-state index contributed by atoms with van der Waals surface area (Å²) in [5.74, 6) is 0. The highest BCUT2D eigenvalue weighted by atomic mass is 79.9. The number of benzene rings is 2. The van der Waals surface area contributed by atoms with Crippen LogP contribution >= 0.6 is 27.3 Å². The number of halogens is 1. The van der Waals surface area contributed by atoms with Gasteiger partial charge in [-0.3, -0.25) is 0 Å². The number of aryl methyl sites for hydroxylation is 1. The predicted octanol–water partition coefficient (Wildman–Crippen LogP) is 5.62. The molecule has 3 aromatic rings. The third kappa shape index (κ3) is 2.92. The molecule has 0 aliphatic heterocycles. The lowest BCUT2D eigenvalue weighted by Gasteiger charge is -2.00. The van der Waals surface area contributed by atoms with Gasteiger partial charge in [-0.1, -0.05) is 57.6 Å². The summed E-state index contributed by atoms with van der Waals surface area (Å²) in [7, 11) is 0. The fourth-order valence-corrected chi connectivity index (χ4v) is 3.22. The number of rotatable bonds is 3. The molecule has 0 spiro atoms. The Balaban J connectivity index is 1.89. The number of para-hydroxylation sites is 1. The van der Waals surface area contributed by atoms with Gasteiger partial charge in [0.2, 0.25) is 0 Å². The molecule has 0 fully saturated rings. The zero-order chi connectivity index (χ0) is 13.9. The molecule has 20 heavy (non-hydrogen) atoms. The Hall–Kier alpha value is -1.65. The van der Waals surface area contributed by atoms with E-state index in [0.29, 0.717) is 0 Å². The van der Waals surface area contributed by atoms with Crippen molar-refractivity contribution in [1.82, 2.24) is 4.98 Å². The molecular weight excluding hydrogens is 332 g/mol. The number of hydrogen-bond donors (Lipinski definition) is 1. The Bertz CT molecular complexity index is 705. The van der Waals surface area contributed by atoms with Crippen LogP contribution in [0.4, 0.5) is 10.8 Å². The SMILES string of the molecule is Cc1nc(Nc2ccccc2)sc1-c1ccc(Br)cc1. The third-order valence-corrected chi connectivity index (χ3v) is 4.58. The molecule has 0 saturated heterocycles. The topological polar surface area (TPSA) is 24.9 Å². The van der Waals surface area contributed by atoms with Crippen molar-refractivity contribution in [2.75, 3.05) is 5.32 Å². The minimum atomic E-state index is 0.923. The number of aromatic nitrogens is 1. The molecule has 0 saturated carbocycles. The van der Waals surface area contributed by atoms with E-state index in [0.717, 1.165) is 21.0 Å². The quantitative estimate of drug-likeness (QED) is 0.666.